The number of carbonyl (C=O) groups is 1. The highest BCUT2D eigenvalue weighted by molar-refractivity contribution is 6.07. The number of nitrogens with one attached hydrogen (secondary N) is 2. The molecular weight excluding hydrogens is 485 g/mol. The van der Waals surface area contributed by atoms with Crippen LogP contribution in [0.4, 0.5) is 33.3 Å². The predicted octanol–water partition coefficient (Wildman–Crippen LogP) is 4.13. The second-order valence-corrected chi connectivity index (χ2v) is 8.55. The number of aromatic nitrogens is 2. The minimum Gasteiger partial charge on any atom is -0.367 e. The number of nitrogens with zero attached hydrogens (tertiary/aromatic N) is 3. The van der Waals surface area contributed by atoms with Gasteiger partial charge in [-0.05, 0) is 38.2 Å². The van der Waals surface area contributed by atoms with Crippen LogP contribution in [0.5, 0.6) is 0 Å². The molecule has 3 aromatic rings. The van der Waals surface area contributed by atoms with Crippen molar-refractivity contribution in [2.45, 2.75) is 19.1 Å². The molecule has 12 heteroatoms. The first-order valence-electron chi connectivity index (χ1n) is 11.0. The van der Waals surface area contributed by atoms with Gasteiger partial charge < -0.3 is 20.1 Å². The van der Waals surface area contributed by atoms with Gasteiger partial charge in [-0.25, -0.2) is 9.37 Å². The first kappa shape index (κ1) is 25.3. The van der Waals surface area contributed by atoms with Crippen LogP contribution >= 0.6 is 0 Å². The van der Waals surface area contributed by atoms with Crippen molar-refractivity contribution in [1.82, 2.24) is 14.9 Å². The van der Waals surface area contributed by atoms with Gasteiger partial charge in [0.2, 0.25) is 11.5 Å². The Morgan fingerprint density at radius 2 is 1.92 bits per heavy atom. The number of carbonyl (C=O) groups excluding carboxylic acids is 1. The number of halogens is 5. The minimum atomic E-state index is -4.96. The van der Waals surface area contributed by atoms with Gasteiger partial charge >= 0.3 is 6.18 Å². The number of alkyl halides is 3. The summed E-state index contributed by atoms with van der Waals surface area (Å²) in [5.74, 6) is -2.75. The van der Waals surface area contributed by atoms with E-state index in [1.165, 1.54) is 18.2 Å². The first-order valence-corrected chi connectivity index (χ1v) is 11.0. The van der Waals surface area contributed by atoms with E-state index in [2.05, 4.69) is 20.2 Å². The molecule has 1 amide bonds. The number of H-pyrrole nitrogens is 1. The van der Waals surface area contributed by atoms with E-state index in [9.17, 15) is 27.2 Å². The van der Waals surface area contributed by atoms with E-state index < -0.39 is 40.5 Å². The number of likely N-dealkylation sites (N-methyl/N-ethyl adjacent to an activating group) is 1. The lowest BCUT2D eigenvalue weighted by Gasteiger charge is -2.39. The molecule has 3 heterocycles. The van der Waals surface area contributed by atoms with E-state index in [0.717, 1.165) is 12.1 Å². The molecule has 1 saturated heterocycles. The van der Waals surface area contributed by atoms with E-state index >= 15 is 4.39 Å². The largest absolute Gasteiger partial charge is 0.417 e. The van der Waals surface area contributed by atoms with Gasteiger partial charge in [0.1, 0.15) is 5.82 Å². The van der Waals surface area contributed by atoms with E-state index in [-0.39, 0.29) is 28.7 Å². The fourth-order valence-corrected chi connectivity index (χ4v) is 4.03. The molecule has 0 radical (unpaired) electrons. The first-order chi connectivity index (χ1) is 16.9. The van der Waals surface area contributed by atoms with Crippen molar-refractivity contribution < 1.29 is 26.7 Å². The van der Waals surface area contributed by atoms with Crippen LogP contribution in [0, 0.1) is 11.8 Å². The zero-order valence-corrected chi connectivity index (χ0v) is 19.3. The highest BCUT2D eigenvalue weighted by atomic mass is 19.4. The van der Waals surface area contributed by atoms with Crippen molar-refractivity contribution in [3.63, 3.8) is 0 Å². The third-order valence-corrected chi connectivity index (χ3v) is 6.10. The van der Waals surface area contributed by atoms with Crippen molar-refractivity contribution in [3.8, 4) is 11.3 Å². The second-order valence-electron chi connectivity index (χ2n) is 8.55. The van der Waals surface area contributed by atoms with Crippen LogP contribution in [0.1, 0.15) is 22.8 Å². The Hall–Kier alpha value is -3.80. The number of benzene rings is 1. The molecule has 1 aromatic carbocycles. The molecule has 0 aliphatic carbocycles. The molecule has 0 bridgehead atoms. The smallest absolute Gasteiger partial charge is 0.367 e. The average Bonchev–Trinajstić information content (AvgIpc) is 2.81. The van der Waals surface area contributed by atoms with E-state index in [1.54, 1.807) is 0 Å². The van der Waals surface area contributed by atoms with Crippen molar-refractivity contribution in [2.75, 3.05) is 36.9 Å². The third kappa shape index (κ3) is 5.23. The summed E-state index contributed by atoms with van der Waals surface area (Å²) in [7, 11) is 1.93. The number of amides is 1. The Labute approximate surface area is 202 Å². The van der Waals surface area contributed by atoms with E-state index in [0.29, 0.717) is 31.9 Å². The highest BCUT2D eigenvalue weighted by Crippen LogP contribution is 2.36. The molecule has 0 saturated carbocycles. The van der Waals surface area contributed by atoms with Gasteiger partial charge in [0.15, 0.2) is 0 Å². The van der Waals surface area contributed by atoms with Crippen molar-refractivity contribution in [1.29, 1.82) is 0 Å². The average molecular weight is 507 g/mol. The van der Waals surface area contributed by atoms with Gasteiger partial charge in [0.05, 0.1) is 28.2 Å². The number of rotatable bonds is 4. The fraction of sp³-hybridized carbons (Fsp3) is 0.292. The third-order valence-electron chi connectivity index (χ3n) is 6.10. The van der Waals surface area contributed by atoms with Gasteiger partial charge in [-0.2, -0.15) is 17.6 Å². The minimum absolute atomic E-state index is 0.0125. The molecule has 1 atom stereocenters. The summed E-state index contributed by atoms with van der Waals surface area (Å²) >= 11 is 0. The quantitative estimate of drug-likeness (QED) is 0.410. The summed E-state index contributed by atoms with van der Waals surface area (Å²) < 4.78 is 69.4. The monoisotopic (exact) mass is 507 g/mol. The molecule has 1 aliphatic rings. The molecule has 1 fully saturated rings. The SMILES string of the molecule is C[C@H]1CN(c2cc(F)c(-c3cccc(F)n3)cc2NC(=O)c2c[nH]c(=O)cc2C(F)(F)F)CCN1C. The summed E-state index contributed by atoms with van der Waals surface area (Å²) in [6.07, 6.45) is -4.28. The number of anilines is 2. The summed E-state index contributed by atoms with van der Waals surface area (Å²) in [4.78, 5) is 34.1. The molecule has 4 rings (SSSR count). The Morgan fingerprint density at radius 3 is 2.58 bits per heavy atom. The predicted molar refractivity (Wildman–Crippen MR) is 124 cm³/mol. The fourth-order valence-electron chi connectivity index (χ4n) is 4.03. The molecule has 1 aliphatic heterocycles. The molecule has 2 N–H and O–H groups in total. The molecule has 7 nitrogen and oxygen atoms in total. The molecule has 0 unspecified atom stereocenters. The highest BCUT2D eigenvalue weighted by Gasteiger charge is 2.36. The maximum Gasteiger partial charge on any atom is 0.417 e. The topological polar surface area (TPSA) is 81.3 Å². The summed E-state index contributed by atoms with van der Waals surface area (Å²) in [6.45, 7) is 3.51. The molecule has 0 spiro atoms. The number of hydrogen-bond donors (Lipinski definition) is 2. The maximum atomic E-state index is 15.2. The van der Waals surface area contributed by atoms with Crippen LogP contribution in [0.3, 0.4) is 0 Å². The van der Waals surface area contributed by atoms with Gasteiger partial charge in [-0.3, -0.25) is 9.59 Å². The van der Waals surface area contributed by atoms with Crippen molar-refractivity contribution in [3.05, 3.63) is 75.8 Å². The number of hydrogen-bond acceptors (Lipinski definition) is 5. The second kappa shape index (κ2) is 9.69. The Bertz CT molecular complexity index is 1360. The van der Waals surface area contributed by atoms with Gasteiger partial charge in [0, 0.05) is 43.5 Å². The van der Waals surface area contributed by atoms with Crippen LogP contribution < -0.4 is 15.8 Å². The lowest BCUT2D eigenvalue weighted by Crippen LogP contribution is -2.50. The molecule has 190 valence electrons. The lowest BCUT2D eigenvalue weighted by atomic mass is 10.0. The maximum absolute atomic E-state index is 15.2. The summed E-state index contributed by atoms with van der Waals surface area (Å²) in [5, 5.41) is 2.43. The molecule has 2 aromatic heterocycles. The standard InChI is InChI=1S/C24H22F5N5O2/c1-13-12-34(7-6-33(13)2)20-10-17(25)14(18-4-3-5-21(26)31-18)8-19(20)32-23(36)15-11-30-22(35)9-16(15)24(27,28)29/h3-5,8-11,13H,6-7,12H2,1-2H3,(H,30,35)(H,32,36)/t13-/m0/s1. The molecule has 36 heavy (non-hydrogen) atoms. The van der Waals surface area contributed by atoms with Gasteiger partial charge in [-0.15, -0.1) is 0 Å². The van der Waals surface area contributed by atoms with Crippen molar-refractivity contribution in [2.24, 2.45) is 0 Å². The zero-order valence-electron chi connectivity index (χ0n) is 19.3. The van der Waals surface area contributed by atoms with Crippen LogP contribution in [0.15, 0.2) is 47.4 Å². The van der Waals surface area contributed by atoms with Gasteiger partial charge in [-0.1, -0.05) is 6.07 Å². The number of pyridine rings is 2. The van der Waals surface area contributed by atoms with E-state index in [4.69, 9.17) is 0 Å². The van der Waals surface area contributed by atoms with Crippen molar-refractivity contribution >= 4 is 17.3 Å². The normalized spacial score (nSPS) is 16.8. The van der Waals surface area contributed by atoms with Gasteiger partial charge in [0.25, 0.3) is 5.91 Å². The van der Waals surface area contributed by atoms with Crippen LogP contribution in [0.2, 0.25) is 0 Å². The van der Waals surface area contributed by atoms with Crippen LogP contribution in [0.25, 0.3) is 11.3 Å². The number of piperazine rings is 1. The Balaban J connectivity index is 1.81. The van der Waals surface area contributed by atoms with Crippen LogP contribution in [-0.2, 0) is 6.18 Å². The summed E-state index contributed by atoms with van der Waals surface area (Å²) in [6, 6.07) is 6.52. The van der Waals surface area contributed by atoms with Crippen LogP contribution in [-0.4, -0.2) is 53.5 Å². The Kier molecular flexibility index (Phi) is 6.81. The molecular formula is C24H22F5N5O2. The Morgan fingerprint density at radius 1 is 1.17 bits per heavy atom. The zero-order chi connectivity index (χ0) is 26.2. The number of aromatic amines is 1. The summed E-state index contributed by atoms with van der Waals surface area (Å²) in [5.41, 5.74) is -3.18. The van der Waals surface area contributed by atoms with E-state index in [1.807, 2.05) is 18.9 Å². The lowest BCUT2D eigenvalue weighted by molar-refractivity contribution is -0.138.